The zero-order valence-corrected chi connectivity index (χ0v) is 11.6. The second-order valence-corrected chi connectivity index (χ2v) is 6.43. The third-order valence-electron chi connectivity index (χ3n) is 2.53. The van der Waals surface area contributed by atoms with Crippen LogP contribution in [0.1, 0.15) is 10.4 Å². The lowest BCUT2D eigenvalue weighted by Crippen LogP contribution is -2.28. The molecule has 1 rings (SSSR count). The topological polar surface area (TPSA) is 113 Å². The van der Waals surface area contributed by atoms with E-state index in [2.05, 4.69) is 5.32 Å². The van der Waals surface area contributed by atoms with Crippen molar-refractivity contribution in [1.82, 2.24) is 4.31 Å². The third-order valence-corrected chi connectivity index (χ3v) is 4.36. The first-order valence-corrected chi connectivity index (χ1v) is 7.12. The van der Waals surface area contributed by atoms with Crippen molar-refractivity contribution in [3.8, 4) is 0 Å². The zero-order chi connectivity index (χ0) is 14.6. The van der Waals surface area contributed by atoms with E-state index < -0.39 is 16.0 Å². The van der Waals surface area contributed by atoms with Crippen LogP contribution in [0, 0.1) is 0 Å². The molecule has 0 aromatic heterocycles. The van der Waals surface area contributed by atoms with Crippen LogP contribution in [0.5, 0.6) is 0 Å². The number of aromatic carboxylic acids is 1. The van der Waals surface area contributed by atoms with Crippen LogP contribution in [0.4, 0.5) is 11.4 Å². The standard InChI is InChI=1S/C11H17N3O4S/c1-14(2)19(17,18)6-5-13-10-7-8(11(15)16)3-4-9(10)12/h3-4,7,13H,5-6,12H2,1-2H3,(H,15,16). The Balaban J connectivity index is 2.73. The SMILES string of the molecule is CN(C)S(=O)(=O)CCNc1cc(C(=O)O)ccc1N. The van der Waals surface area contributed by atoms with Crippen molar-refractivity contribution in [3.05, 3.63) is 23.8 Å². The molecule has 7 nitrogen and oxygen atoms in total. The van der Waals surface area contributed by atoms with E-state index in [-0.39, 0.29) is 17.9 Å². The number of anilines is 2. The molecule has 0 heterocycles. The van der Waals surface area contributed by atoms with E-state index in [1.54, 1.807) is 0 Å². The normalized spacial score (nSPS) is 11.5. The predicted octanol–water partition coefficient (Wildman–Crippen LogP) is 0.270. The number of rotatable bonds is 6. The fourth-order valence-corrected chi connectivity index (χ4v) is 2.06. The number of nitrogens with two attached hydrogens (primary N) is 1. The molecule has 0 fully saturated rings. The Labute approximate surface area is 112 Å². The van der Waals surface area contributed by atoms with E-state index in [0.717, 1.165) is 4.31 Å². The van der Waals surface area contributed by atoms with Gasteiger partial charge in [0.25, 0.3) is 0 Å². The van der Waals surface area contributed by atoms with Crippen LogP contribution in [0.15, 0.2) is 18.2 Å². The summed E-state index contributed by atoms with van der Waals surface area (Å²) in [4.78, 5) is 10.8. The lowest BCUT2D eigenvalue weighted by atomic mass is 10.2. The van der Waals surface area contributed by atoms with Gasteiger partial charge in [0.15, 0.2) is 0 Å². The average molecular weight is 287 g/mol. The summed E-state index contributed by atoms with van der Waals surface area (Å²) in [7, 11) is -0.388. The van der Waals surface area contributed by atoms with Crippen molar-refractivity contribution in [2.75, 3.05) is 37.4 Å². The molecular formula is C11H17N3O4S. The van der Waals surface area contributed by atoms with Gasteiger partial charge in [0.1, 0.15) is 0 Å². The van der Waals surface area contributed by atoms with Gasteiger partial charge >= 0.3 is 5.97 Å². The highest BCUT2D eigenvalue weighted by Gasteiger charge is 2.13. The molecule has 0 unspecified atom stereocenters. The first kappa shape index (κ1) is 15.3. The van der Waals surface area contributed by atoms with Crippen LogP contribution in [-0.4, -0.2) is 50.2 Å². The molecule has 0 atom stereocenters. The maximum atomic E-state index is 11.5. The number of benzene rings is 1. The number of carbonyl (C=O) groups is 1. The molecule has 0 radical (unpaired) electrons. The van der Waals surface area contributed by atoms with Gasteiger partial charge < -0.3 is 16.2 Å². The monoisotopic (exact) mass is 287 g/mol. The van der Waals surface area contributed by atoms with E-state index in [0.29, 0.717) is 11.4 Å². The highest BCUT2D eigenvalue weighted by molar-refractivity contribution is 7.89. The Morgan fingerprint density at radius 1 is 1.42 bits per heavy atom. The number of carboxylic acid groups (broad SMARTS) is 1. The van der Waals surface area contributed by atoms with Gasteiger partial charge in [-0.3, -0.25) is 0 Å². The van der Waals surface area contributed by atoms with E-state index in [1.165, 1.54) is 32.3 Å². The van der Waals surface area contributed by atoms with E-state index in [9.17, 15) is 13.2 Å². The molecule has 0 saturated heterocycles. The largest absolute Gasteiger partial charge is 0.478 e. The van der Waals surface area contributed by atoms with Crippen LogP contribution >= 0.6 is 0 Å². The number of nitrogen functional groups attached to an aromatic ring is 1. The van der Waals surface area contributed by atoms with Crippen LogP contribution in [0.25, 0.3) is 0 Å². The van der Waals surface area contributed by atoms with E-state index in [1.807, 2.05) is 0 Å². The van der Waals surface area contributed by atoms with Crippen molar-refractivity contribution < 1.29 is 18.3 Å². The number of sulfonamides is 1. The molecule has 0 aliphatic carbocycles. The molecule has 1 aromatic rings. The molecule has 0 aliphatic rings. The zero-order valence-electron chi connectivity index (χ0n) is 10.8. The molecule has 19 heavy (non-hydrogen) atoms. The quantitative estimate of drug-likeness (QED) is 0.647. The molecule has 0 bridgehead atoms. The molecule has 0 aliphatic heterocycles. The van der Waals surface area contributed by atoms with Crippen molar-refractivity contribution >= 4 is 27.4 Å². The third kappa shape index (κ3) is 4.11. The first-order chi connectivity index (χ1) is 8.74. The summed E-state index contributed by atoms with van der Waals surface area (Å²) in [6.07, 6.45) is 0. The minimum atomic E-state index is -3.29. The van der Waals surface area contributed by atoms with Crippen molar-refractivity contribution in [2.45, 2.75) is 0 Å². The van der Waals surface area contributed by atoms with Crippen LogP contribution < -0.4 is 11.1 Å². The summed E-state index contributed by atoms with van der Waals surface area (Å²) in [6.45, 7) is 0.147. The van der Waals surface area contributed by atoms with Gasteiger partial charge in [-0.05, 0) is 18.2 Å². The Bertz CT molecular complexity index is 569. The molecule has 0 saturated carbocycles. The Kier molecular flexibility index (Phi) is 4.73. The smallest absolute Gasteiger partial charge is 0.335 e. The number of hydrogen-bond acceptors (Lipinski definition) is 5. The minimum absolute atomic E-state index is 0.0900. The lowest BCUT2D eigenvalue weighted by molar-refractivity contribution is 0.0697. The van der Waals surface area contributed by atoms with Crippen molar-refractivity contribution in [3.63, 3.8) is 0 Å². The summed E-state index contributed by atoms with van der Waals surface area (Å²) < 4.78 is 24.2. The highest BCUT2D eigenvalue weighted by atomic mass is 32.2. The Morgan fingerprint density at radius 2 is 2.05 bits per heavy atom. The van der Waals surface area contributed by atoms with Crippen LogP contribution in [-0.2, 0) is 10.0 Å². The van der Waals surface area contributed by atoms with Crippen molar-refractivity contribution in [1.29, 1.82) is 0 Å². The molecule has 106 valence electrons. The summed E-state index contributed by atoms with van der Waals surface area (Å²) in [5.74, 6) is -1.17. The summed E-state index contributed by atoms with van der Waals surface area (Å²) in [6, 6.07) is 4.23. The van der Waals surface area contributed by atoms with E-state index in [4.69, 9.17) is 10.8 Å². The molecule has 0 amide bonds. The second-order valence-electron chi connectivity index (χ2n) is 4.13. The number of hydrogen-bond donors (Lipinski definition) is 3. The Hall–Kier alpha value is -1.80. The molecule has 0 spiro atoms. The van der Waals surface area contributed by atoms with Gasteiger partial charge in [-0.2, -0.15) is 0 Å². The van der Waals surface area contributed by atoms with Crippen molar-refractivity contribution in [2.24, 2.45) is 0 Å². The first-order valence-electron chi connectivity index (χ1n) is 5.51. The molecule has 8 heteroatoms. The van der Waals surface area contributed by atoms with Gasteiger partial charge in [0.05, 0.1) is 22.7 Å². The fraction of sp³-hybridized carbons (Fsp3) is 0.364. The number of nitrogens with one attached hydrogen (secondary N) is 1. The van der Waals surface area contributed by atoms with Gasteiger partial charge in [-0.1, -0.05) is 0 Å². The maximum absolute atomic E-state index is 11.5. The molecule has 1 aromatic carbocycles. The van der Waals surface area contributed by atoms with Gasteiger partial charge in [0, 0.05) is 20.6 Å². The fourth-order valence-electron chi connectivity index (χ4n) is 1.34. The van der Waals surface area contributed by atoms with Gasteiger partial charge in [-0.15, -0.1) is 0 Å². The molecule has 4 N–H and O–H groups in total. The highest BCUT2D eigenvalue weighted by Crippen LogP contribution is 2.19. The maximum Gasteiger partial charge on any atom is 0.335 e. The Morgan fingerprint density at radius 3 is 2.58 bits per heavy atom. The molecular weight excluding hydrogens is 270 g/mol. The summed E-state index contributed by atoms with van der Waals surface area (Å²) in [5, 5.41) is 11.7. The van der Waals surface area contributed by atoms with E-state index >= 15 is 0 Å². The van der Waals surface area contributed by atoms with Gasteiger partial charge in [-0.25, -0.2) is 17.5 Å². The number of carboxylic acids is 1. The summed E-state index contributed by atoms with van der Waals surface area (Å²) in [5.41, 5.74) is 6.55. The second kappa shape index (κ2) is 5.89. The lowest BCUT2D eigenvalue weighted by Gasteiger charge is -2.13. The van der Waals surface area contributed by atoms with Crippen LogP contribution in [0.2, 0.25) is 0 Å². The van der Waals surface area contributed by atoms with Crippen LogP contribution in [0.3, 0.4) is 0 Å². The summed E-state index contributed by atoms with van der Waals surface area (Å²) >= 11 is 0. The van der Waals surface area contributed by atoms with Gasteiger partial charge in [0.2, 0.25) is 10.0 Å². The average Bonchev–Trinajstić information content (AvgIpc) is 2.30. The number of nitrogens with zero attached hydrogens (tertiary/aromatic N) is 1. The minimum Gasteiger partial charge on any atom is -0.478 e. The predicted molar refractivity (Wildman–Crippen MR) is 73.8 cm³/mol.